The zero-order chi connectivity index (χ0) is 17.2. The van der Waals surface area contributed by atoms with Gasteiger partial charge in [-0.3, -0.25) is 4.79 Å². The van der Waals surface area contributed by atoms with E-state index in [4.69, 9.17) is 0 Å². The molecule has 4 fully saturated rings. The van der Waals surface area contributed by atoms with Crippen molar-refractivity contribution in [2.75, 3.05) is 0 Å². The molecule has 2 nitrogen and oxygen atoms in total. The normalized spacial score (nSPS) is 54.1. The third kappa shape index (κ3) is 2.27. The predicted molar refractivity (Wildman–Crippen MR) is 96.6 cm³/mol. The standard InChI is InChI=1S/C22H36O2/c1-4-10-22(24)13-12-20(2)15(14-22)5-6-16-17-7-8-19(23)21(17,3)11-9-18(16)20/h15-18,24H,4-14H2,1-3H3/t15-,16-,17-,18-,20-,21-,22+/m0/s1. The zero-order valence-corrected chi connectivity index (χ0v) is 15.9. The summed E-state index contributed by atoms with van der Waals surface area (Å²) in [4.78, 5) is 12.5. The number of carbonyl (C=O) groups is 1. The van der Waals surface area contributed by atoms with E-state index in [1.807, 2.05) is 0 Å². The second kappa shape index (κ2) is 5.56. The monoisotopic (exact) mass is 332 g/mol. The van der Waals surface area contributed by atoms with Gasteiger partial charge in [0.2, 0.25) is 0 Å². The first-order chi connectivity index (χ1) is 11.3. The Morgan fingerprint density at radius 3 is 2.58 bits per heavy atom. The Balaban J connectivity index is 1.58. The SMILES string of the molecule is CCC[C@@]1(O)CC[C@@]2(C)[C@@H](CC[C@@H]3[C@@H]2CC[C@]2(C)C(=O)CC[C@@H]32)C1. The van der Waals surface area contributed by atoms with Crippen molar-refractivity contribution in [1.29, 1.82) is 0 Å². The average Bonchev–Trinajstić information content (AvgIpc) is 2.84. The van der Waals surface area contributed by atoms with Crippen molar-refractivity contribution < 1.29 is 9.90 Å². The van der Waals surface area contributed by atoms with E-state index < -0.39 is 5.60 Å². The largest absolute Gasteiger partial charge is 0.390 e. The van der Waals surface area contributed by atoms with E-state index in [9.17, 15) is 9.90 Å². The van der Waals surface area contributed by atoms with Crippen molar-refractivity contribution >= 4 is 5.78 Å². The van der Waals surface area contributed by atoms with Gasteiger partial charge in [0, 0.05) is 11.8 Å². The fourth-order valence-corrected chi connectivity index (χ4v) is 7.79. The zero-order valence-electron chi connectivity index (χ0n) is 15.9. The van der Waals surface area contributed by atoms with E-state index in [2.05, 4.69) is 20.8 Å². The fraction of sp³-hybridized carbons (Fsp3) is 0.955. The lowest BCUT2D eigenvalue weighted by Gasteiger charge is -2.61. The number of aliphatic hydroxyl groups is 1. The summed E-state index contributed by atoms with van der Waals surface area (Å²) >= 11 is 0. The van der Waals surface area contributed by atoms with Gasteiger partial charge in [-0.15, -0.1) is 0 Å². The van der Waals surface area contributed by atoms with Crippen LogP contribution in [0.1, 0.15) is 91.4 Å². The second-order valence-electron chi connectivity index (χ2n) is 10.3. The summed E-state index contributed by atoms with van der Waals surface area (Å²) in [5, 5.41) is 11.0. The van der Waals surface area contributed by atoms with Crippen LogP contribution in [0.25, 0.3) is 0 Å². The van der Waals surface area contributed by atoms with Gasteiger partial charge < -0.3 is 5.11 Å². The van der Waals surface area contributed by atoms with E-state index in [1.165, 1.54) is 25.7 Å². The quantitative estimate of drug-likeness (QED) is 0.761. The van der Waals surface area contributed by atoms with Crippen molar-refractivity contribution in [1.82, 2.24) is 0 Å². The fourth-order valence-electron chi connectivity index (χ4n) is 7.79. The molecule has 0 unspecified atom stereocenters. The Bertz CT molecular complexity index is 528. The second-order valence-corrected chi connectivity index (χ2v) is 10.3. The van der Waals surface area contributed by atoms with Crippen LogP contribution in [-0.4, -0.2) is 16.5 Å². The van der Waals surface area contributed by atoms with Crippen LogP contribution in [0, 0.1) is 34.5 Å². The summed E-state index contributed by atoms with van der Waals surface area (Å²) in [5.41, 5.74) is 0.0239. The smallest absolute Gasteiger partial charge is 0.139 e. The summed E-state index contributed by atoms with van der Waals surface area (Å²) in [5.74, 6) is 3.47. The Hall–Kier alpha value is -0.370. The molecule has 2 heteroatoms. The Morgan fingerprint density at radius 2 is 1.83 bits per heavy atom. The van der Waals surface area contributed by atoms with Crippen molar-refractivity contribution in [3.63, 3.8) is 0 Å². The molecule has 0 aromatic rings. The summed E-state index contributed by atoms with van der Waals surface area (Å²) in [6.45, 7) is 7.01. The molecule has 1 N–H and O–H groups in total. The number of hydrogen-bond donors (Lipinski definition) is 1. The minimum Gasteiger partial charge on any atom is -0.390 e. The third-order valence-corrected chi connectivity index (χ3v) is 9.24. The Morgan fingerprint density at radius 1 is 1.04 bits per heavy atom. The lowest BCUT2D eigenvalue weighted by molar-refractivity contribution is -0.155. The van der Waals surface area contributed by atoms with Gasteiger partial charge in [-0.2, -0.15) is 0 Å². The van der Waals surface area contributed by atoms with Crippen molar-refractivity contribution in [3.05, 3.63) is 0 Å². The molecule has 136 valence electrons. The number of fused-ring (bicyclic) bond motifs is 5. The first kappa shape index (κ1) is 17.1. The summed E-state index contributed by atoms with van der Waals surface area (Å²) in [6, 6.07) is 0. The highest BCUT2D eigenvalue weighted by atomic mass is 16.3. The Kier molecular flexibility index (Phi) is 3.95. The molecule has 0 aliphatic heterocycles. The molecule has 0 radical (unpaired) electrons. The number of ketones is 1. The first-order valence-electron chi connectivity index (χ1n) is 10.6. The first-order valence-corrected chi connectivity index (χ1v) is 10.6. The summed E-state index contributed by atoms with van der Waals surface area (Å²) < 4.78 is 0. The van der Waals surface area contributed by atoms with Gasteiger partial charge in [-0.25, -0.2) is 0 Å². The molecule has 0 spiro atoms. The maximum absolute atomic E-state index is 12.5. The maximum atomic E-state index is 12.5. The molecule has 7 atom stereocenters. The molecular formula is C22H36O2. The van der Waals surface area contributed by atoms with Gasteiger partial charge in [0.1, 0.15) is 5.78 Å². The molecule has 0 saturated heterocycles. The maximum Gasteiger partial charge on any atom is 0.139 e. The molecule has 4 saturated carbocycles. The number of Topliss-reactive ketones (excluding diaryl/α,β-unsaturated/α-hetero) is 1. The third-order valence-electron chi connectivity index (χ3n) is 9.24. The molecule has 0 amide bonds. The molecule has 0 heterocycles. The highest BCUT2D eigenvalue weighted by Crippen LogP contribution is 2.66. The molecule has 4 aliphatic rings. The van der Waals surface area contributed by atoms with Gasteiger partial charge in [0.25, 0.3) is 0 Å². The molecule has 24 heavy (non-hydrogen) atoms. The van der Waals surface area contributed by atoms with Gasteiger partial charge in [-0.05, 0) is 86.9 Å². The molecule has 0 aromatic carbocycles. The number of carbonyl (C=O) groups excluding carboxylic acids is 1. The van der Waals surface area contributed by atoms with Crippen LogP contribution in [0.2, 0.25) is 0 Å². The van der Waals surface area contributed by atoms with Crippen molar-refractivity contribution in [2.24, 2.45) is 34.5 Å². The molecule has 4 rings (SSSR count). The molecular weight excluding hydrogens is 296 g/mol. The van der Waals surface area contributed by atoms with Crippen LogP contribution in [0.15, 0.2) is 0 Å². The lowest BCUT2D eigenvalue weighted by atomic mass is 9.44. The molecule has 0 bridgehead atoms. The van der Waals surface area contributed by atoms with Gasteiger partial charge >= 0.3 is 0 Å². The van der Waals surface area contributed by atoms with Crippen LogP contribution >= 0.6 is 0 Å². The minimum absolute atomic E-state index is 0.00196. The van der Waals surface area contributed by atoms with Crippen LogP contribution in [-0.2, 0) is 4.79 Å². The lowest BCUT2D eigenvalue weighted by Crippen LogP contribution is -2.55. The van der Waals surface area contributed by atoms with E-state index in [-0.39, 0.29) is 5.41 Å². The molecule has 0 aromatic heterocycles. The highest BCUT2D eigenvalue weighted by molar-refractivity contribution is 5.87. The van der Waals surface area contributed by atoms with Gasteiger partial charge in [-0.1, -0.05) is 27.2 Å². The summed E-state index contributed by atoms with van der Waals surface area (Å²) in [7, 11) is 0. The molecule has 4 aliphatic carbocycles. The van der Waals surface area contributed by atoms with Gasteiger partial charge in [0.05, 0.1) is 5.60 Å². The van der Waals surface area contributed by atoms with Crippen LogP contribution in [0.5, 0.6) is 0 Å². The summed E-state index contributed by atoms with van der Waals surface area (Å²) in [6.07, 6.45) is 12.2. The van der Waals surface area contributed by atoms with Crippen LogP contribution in [0.3, 0.4) is 0 Å². The number of hydrogen-bond acceptors (Lipinski definition) is 2. The van der Waals surface area contributed by atoms with Crippen molar-refractivity contribution in [2.45, 2.75) is 97.0 Å². The van der Waals surface area contributed by atoms with E-state index >= 15 is 0 Å². The van der Waals surface area contributed by atoms with E-state index in [0.29, 0.717) is 23.0 Å². The predicted octanol–water partition coefficient (Wildman–Crippen LogP) is 5.13. The average molecular weight is 333 g/mol. The van der Waals surface area contributed by atoms with Gasteiger partial charge in [0.15, 0.2) is 0 Å². The minimum atomic E-state index is -0.391. The Labute approximate surface area is 147 Å². The number of rotatable bonds is 2. The van der Waals surface area contributed by atoms with Crippen LogP contribution < -0.4 is 0 Å². The topological polar surface area (TPSA) is 37.3 Å². The highest BCUT2D eigenvalue weighted by Gasteiger charge is 2.61. The van der Waals surface area contributed by atoms with Crippen LogP contribution in [0.4, 0.5) is 0 Å². The van der Waals surface area contributed by atoms with Crippen molar-refractivity contribution in [3.8, 4) is 0 Å². The van der Waals surface area contributed by atoms with E-state index in [1.54, 1.807) is 0 Å². The van der Waals surface area contributed by atoms with E-state index in [0.717, 1.165) is 56.8 Å².